The lowest BCUT2D eigenvalue weighted by molar-refractivity contribution is -0.117. The van der Waals surface area contributed by atoms with Crippen LogP contribution in [0.4, 0.5) is 5.69 Å². The van der Waals surface area contributed by atoms with Gasteiger partial charge in [-0.05, 0) is 11.8 Å². The summed E-state index contributed by atoms with van der Waals surface area (Å²) in [6, 6.07) is 7.94. The highest BCUT2D eigenvalue weighted by molar-refractivity contribution is 7.80. The van der Waals surface area contributed by atoms with Crippen molar-refractivity contribution in [2.24, 2.45) is 0 Å². The Morgan fingerprint density at radius 3 is 2.94 bits per heavy atom. The molecule has 2 rings (SSSR count). The van der Waals surface area contributed by atoms with Gasteiger partial charge in [0.25, 0.3) is 0 Å². The number of carbonyl (C=O) groups is 1. The Kier molecular flexibility index (Phi) is 3.19. The van der Waals surface area contributed by atoms with E-state index >= 15 is 0 Å². The van der Waals surface area contributed by atoms with E-state index in [-0.39, 0.29) is 5.91 Å². The molecule has 0 fully saturated rings. The molecule has 0 atom stereocenters. The molecule has 1 aromatic carbocycles. The van der Waals surface area contributed by atoms with Crippen molar-refractivity contribution < 1.29 is 4.79 Å². The summed E-state index contributed by atoms with van der Waals surface area (Å²) in [5.74, 6) is 0.658. The molecule has 0 radical (unpaired) electrons. The third-order valence-electron chi connectivity index (χ3n) is 2.63. The fraction of sp³-hybridized carbons (Fsp3) is 0.250. The molecule has 1 aromatic heterocycles. The maximum absolute atomic E-state index is 11.7. The van der Waals surface area contributed by atoms with Crippen LogP contribution in [0.2, 0.25) is 0 Å². The summed E-state index contributed by atoms with van der Waals surface area (Å²) in [7, 11) is 1.79. The highest BCUT2D eigenvalue weighted by Gasteiger charge is 2.13. The van der Waals surface area contributed by atoms with Crippen LogP contribution in [-0.4, -0.2) is 23.7 Å². The van der Waals surface area contributed by atoms with E-state index < -0.39 is 0 Å². The summed E-state index contributed by atoms with van der Waals surface area (Å²) in [4.78, 5) is 16.6. The van der Waals surface area contributed by atoms with Gasteiger partial charge in [0, 0.05) is 30.6 Å². The molecular weight excluding hydrogens is 220 g/mol. The number of nitrogens with zero attached hydrogens (tertiary/aromatic N) is 1. The highest BCUT2D eigenvalue weighted by atomic mass is 32.1. The summed E-state index contributed by atoms with van der Waals surface area (Å²) in [6.07, 6.45) is 2.32. The summed E-state index contributed by atoms with van der Waals surface area (Å²) < 4.78 is 0. The first-order chi connectivity index (χ1) is 7.74. The molecule has 1 heterocycles. The summed E-state index contributed by atoms with van der Waals surface area (Å²) in [5.41, 5.74) is 1.96. The van der Waals surface area contributed by atoms with Gasteiger partial charge in [0.1, 0.15) is 0 Å². The van der Waals surface area contributed by atoms with Crippen molar-refractivity contribution in [1.82, 2.24) is 4.98 Å². The quantitative estimate of drug-likeness (QED) is 0.786. The van der Waals surface area contributed by atoms with E-state index in [0.717, 1.165) is 16.6 Å². The molecule has 0 bridgehead atoms. The van der Waals surface area contributed by atoms with Gasteiger partial charge in [-0.25, -0.2) is 0 Å². The van der Waals surface area contributed by atoms with Gasteiger partial charge >= 0.3 is 0 Å². The lowest BCUT2D eigenvalue weighted by Gasteiger charge is -2.15. The van der Waals surface area contributed by atoms with Crippen LogP contribution in [0.25, 0.3) is 10.9 Å². The zero-order chi connectivity index (χ0) is 11.5. The SMILES string of the molecule is CN(C(=O)CCS)c1c[nH]c2ccccc12. The van der Waals surface area contributed by atoms with Crippen molar-refractivity contribution in [1.29, 1.82) is 0 Å². The normalized spacial score (nSPS) is 10.6. The number of rotatable bonds is 3. The van der Waals surface area contributed by atoms with Crippen LogP contribution < -0.4 is 4.90 Å². The van der Waals surface area contributed by atoms with Gasteiger partial charge in [-0.1, -0.05) is 18.2 Å². The first-order valence-electron chi connectivity index (χ1n) is 5.17. The molecule has 0 saturated carbocycles. The molecular formula is C12H14N2OS. The second-order valence-corrected chi connectivity index (χ2v) is 4.09. The molecule has 4 heteroatoms. The first kappa shape index (κ1) is 11.1. The van der Waals surface area contributed by atoms with Crippen molar-refractivity contribution in [3.8, 4) is 0 Å². The third-order valence-corrected chi connectivity index (χ3v) is 2.85. The monoisotopic (exact) mass is 234 g/mol. The van der Waals surface area contributed by atoms with Gasteiger partial charge in [-0.2, -0.15) is 12.6 Å². The lowest BCUT2D eigenvalue weighted by Crippen LogP contribution is -2.25. The Labute approximate surface area is 99.9 Å². The number of para-hydroxylation sites is 1. The van der Waals surface area contributed by atoms with Crippen molar-refractivity contribution >= 4 is 35.1 Å². The minimum absolute atomic E-state index is 0.0831. The van der Waals surface area contributed by atoms with Gasteiger partial charge in [0.15, 0.2) is 0 Å². The number of H-pyrrole nitrogens is 1. The fourth-order valence-corrected chi connectivity index (χ4v) is 1.92. The second-order valence-electron chi connectivity index (χ2n) is 3.65. The average Bonchev–Trinajstić information content (AvgIpc) is 2.72. The van der Waals surface area contributed by atoms with Crippen molar-refractivity contribution in [2.75, 3.05) is 17.7 Å². The van der Waals surface area contributed by atoms with Crippen LogP contribution >= 0.6 is 12.6 Å². The fourth-order valence-electron chi connectivity index (χ4n) is 1.73. The van der Waals surface area contributed by atoms with E-state index in [1.807, 2.05) is 30.5 Å². The molecule has 0 aliphatic rings. The molecule has 16 heavy (non-hydrogen) atoms. The molecule has 0 aliphatic carbocycles. The Morgan fingerprint density at radius 2 is 2.19 bits per heavy atom. The standard InChI is InChI=1S/C12H14N2OS/c1-14(12(15)6-7-16)11-8-13-10-5-3-2-4-9(10)11/h2-5,8,13,16H,6-7H2,1H3. The molecule has 0 aliphatic heterocycles. The van der Waals surface area contributed by atoms with Crippen LogP contribution in [-0.2, 0) is 4.79 Å². The average molecular weight is 234 g/mol. The van der Waals surface area contributed by atoms with Gasteiger partial charge in [-0.3, -0.25) is 4.79 Å². The van der Waals surface area contributed by atoms with E-state index in [2.05, 4.69) is 17.6 Å². The number of aromatic nitrogens is 1. The van der Waals surface area contributed by atoms with Gasteiger partial charge < -0.3 is 9.88 Å². The maximum Gasteiger partial charge on any atom is 0.227 e. The van der Waals surface area contributed by atoms with Crippen LogP contribution in [0.15, 0.2) is 30.5 Å². The molecule has 0 saturated heterocycles. The lowest BCUT2D eigenvalue weighted by atomic mass is 10.2. The summed E-state index contributed by atoms with van der Waals surface area (Å²) in [5, 5.41) is 1.07. The van der Waals surface area contributed by atoms with Crippen molar-refractivity contribution in [3.05, 3.63) is 30.5 Å². The van der Waals surface area contributed by atoms with E-state index in [0.29, 0.717) is 12.2 Å². The second kappa shape index (κ2) is 4.61. The minimum Gasteiger partial charge on any atom is -0.359 e. The van der Waals surface area contributed by atoms with E-state index in [9.17, 15) is 4.79 Å². The van der Waals surface area contributed by atoms with Crippen molar-refractivity contribution in [2.45, 2.75) is 6.42 Å². The minimum atomic E-state index is 0.0831. The van der Waals surface area contributed by atoms with E-state index in [1.54, 1.807) is 11.9 Å². The maximum atomic E-state index is 11.7. The summed E-state index contributed by atoms with van der Waals surface area (Å²) >= 11 is 4.07. The van der Waals surface area contributed by atoms with E-state index in [1.165, 1.54) is 0 Å². The number of hydrogen-bond donors (Lipinski definition) is 2. The Hall–Kier alpha value is -1.42. The predicted molar refractivity (Wildman–Crippen MR) is 70.2 cm³/mol. The topological polar surface area (TPSA) is 36.1 Å². The largest absolute Gasteiger partial charge is 0.359 e. The Balaban J connectivity index is 2.36. The number of carbonyl (C=O) groups excluding carboxylic acids is 1. The number of hydrogen-bond acceptors (Lipinski definition) is 2. The Morgan fingerprint density at radius 1 is 1.44 bits per heavy atom. The zero-order valence-corrected chi connectivity index (χ0v) is 10.00. The van der Waals surface area contributed by atoms with Crippen molar-refractivity contribution in [3.63, 3.8) is 0 Å². The first-order valence-corrected chi connectivity index (χ1v) is 5.81. The molecule has 0 unspecified atom stereocenters. The predicted octanol–water partition coefficient (Wildman–Crippen LogP) is 2.45. The van der Waals surface area contributed by atoms with Gasteiger partial charge in [-0.15, -0.1) is 0 Å². The molecule has 2 aromatic rings. The molecule has 84 valence electrons. The Bertz CT molecular complexity index is 506. The summed E-state index contributed by atoms with van der Waals surface area (Å²) in [6.45, 7) is 0. The number of nitrogens with one attached hydrogen (secondary N) is 1. The third kappa shape index (κ3) is 1.93. The van der Waals surface area contributed by atoms with Crippen LogP contribution in [0, 0.1) is 0 Å². The van der Waals surface area contributed by atoms with E-state index in [4.69, 9.17) is 0 Å². The highest BCUT2D eigenvalue weighted by Crippen LogP contribution is 2.25. The van der Waals surface area contributed by atoms with Gasteiger partial charge in [0.2, 0.25) is 5.91 Å². The number of aromatic amines is 1. The van der Waals surface area contributed by atoms with Crippen LogP contribution in [0.3, 0.4) is 0 Å². The number of amides is 1. The van der Waals surface area contributed by atoms with Crippen LogP contribution in [0.1, 0.15) is 6.42 Å². The zero-order valence-electron chi connectivity index (χ0n) is 9.10. The number of benzene rings is 1. The van der Waals surface area contributed by atoms with Crippen LogP contribution in [0.5, 0.6) is 0 Å². The molecule has 1 amide bonds. The number of thiol groups is 1. The van der Waals surface area contributed by atoms with Gasteiger partial charge in [0.05, 0.1) is 5.69 Å². The molecule has 0 spiro atoms. The molecule has 1 N–H and O–H groups in total. The number of fused-ring (bicyclic) bond motifs is 1. The molecule has 3 nitrogen and oxygen atoms in total. The number of anilines is 1. The smallest absolute Gasteiger partial charge is 0.227 e.